The molecule has 0 aromatic heterocycles. The van der Waals surface area contributed by atoms with Crippen LogP contribution in [0.1, 0.15) is 12.5 Å². The number of fused-ring (bicyclic) bond motifs is 1. The van der Waals surface area contributed by atoms with Crippen molar-refractivity contribution < 1.29 is 19.1 Å². The van der Waals surface area contributed by atoms with Crippen molar-refractivity contribution in [1.29, 1.82) is 0 Å². The maximum Gasteiger partial charge on any atom is 0.235 e. The highest BCUT2D eigenvalue weighted by Gasteiger charge is 2.26. The van der Waals surface area contributed by atoms with E-state index in [1.54, 1.807) is 11.9 Å². The number of nitrogens with one attached hydrogen (secondary N) is 1. The highest BCUT2D eigenvalue weighted by Crippen LogP contribution is 2.31. The number of aryl methyl sites for hydroxylation is 1. The zero-order valence-electron chi connectivity index (χ0n) is 16.9. The van der Waals surface area contributed by atoms with Crippen LogP contribution >= 0.6 is 11.8 Å². The van der Waals surface area contributed by atoms with Gasteiger partial charge in [0, 0.05) is 12.7 Å². The molecule has 3 rings (SSSR count). The molecule has 0 fully saturated rings. The second-order valence-electron chi connectivity index (χ2n) is 7.08. The van der Waals surface area contributed by atoms with E-state index in [2.05, 4.69) is 5.32 Å². The lowest BCUT2D eigenvalue weighted by atomic mass is 10.2. The molecule has 6 nitrogen and oxygen atoms in total. The maximum atomic E-state index is 12.6. The van der Waals surface area contributed by atoms with Gasteiger partial charge in [0.1, 0.15) is 6.61 Å². The van der Waals surface area contributed by atoms with Gasteiger partial charge in [-0.2, -0.15) is 0 Å². The molecular formula is C22H26N2O4S. The van der Waals surface area contributed by atoms with Gasteiger partial charge in [0.05, 0.1) is 17.5 Å². The van der Waals surface area contributed by atoms with Crippen molar-refractivity contribution in [3.63, 3.8) is 0 Å². The Morgan fingerprint density at radius 1 is 1.17 bits per heavy atom. The van der Waals surface area contributed by atoms with Gasteiger partial charge in [-0.1, -0.05) is 29.8 Å². The number of carbonyl (C=O) groups excluding carboxylic acids is 2. The molecule has 2 aromatic carbocycles. The first-order valence-corrected chi connectivity index (χ1v) is 10.6. The van der Waals surface area contributed by atoms with Crippen molar-refractivity contribution in [3.8, 4) is 11.5 Å². The van der Waals surface area contributed by atoms with Crippen LogP contribution < -0.4 is 14.8 Å². The summed E-state index contributed by atoms with van der Waals surface area (Å²) in [7, 11) is 1.75. The summed E-state index contributed by atoms with van der Waals surface area (Å²) in [6, 6.07) is 15.1. The van der Waals surface area contributed by atoms with Gasteiger partial charge in [0.25, 0.3) is 0 Å². The molecule has 0 saturated carbocycles. The van der Waals surface area contributed by atoms with Crippen LogP contribution in [-0.4, -0.2) is 54.0 Å². The summed E-state index contributed by atoms with van der Waals surface area (Å²) in [6.07, 6.45) is -0.221. The Labute approximate surface area is 175 Å². The van der Waals surface area contributed by atoms with E-state index in [0.29, 0.717) is 18.9 Å². The van der Waals surface area contributed by atoms with Gasteiger partial charge in [-0.3, -0.25) is 9.59 Å². The van der Waals surface area contributed by atoms with E-state index in [9.17, 15) is 9.59 Å². The number of carbonyl (C=O) groups is 2. The third-order valence-corrected chi connectivity index (χ3v) is 5.70. The number of benzene rings is 2. The standard InChI is InChI=1S/C22H26N2O4S/c1-15-8-10-17(11-9-15)23-21(25)14-29-16(2)22(26)24(3)12-18-13-27-19-6-4-5-7-20(19)28-18/h4-11,16,18H,12-14H2,1-3H3,(H,23,25)/t16-,18-/m0/s1. The molecule has 1 aliphatic rings. The summed E-state index contributed by atoms with van der Waals surface area (Å²) < 4.78 is 11.6. The van der Waals surface area contributed by atoms with Gasteiger partial charge in [0.15, 0.2) is 17.6 Å². The van der Waals surface area contributed by atoms with E-state index in [-0.39, 0.29) is 28.9 Å². The van der Waals surface area contributed by atoms with Crippen molar-refractivity contribution in [2.75, 3.05) is 31.3 Å². The summed E-state index contributed by atoms with van der Waals surface area (Å²) in [5.74, 6) is 1.47. The van der Waals surface area contributed by atoms with Gasteiger partial charge in [-0.05, 0) is 38.1 Å². The first-order chi connectivity index (χ1) is 13.9. The number of likely N-dealkylation sites (N-methyl/N-ethyl adjacent to an activating group) is 1. The molecule has 1 heterocycles. The predicted octanol–water partition coefficient (Wildman–Crippen LogP) is 3.35. The van der Waals surface area contributed by atoms with Crippen LogP contribution in [0.3, 0.4) is 0 Å². The molecule has 29 heavy (non-hydrogen) atoms. The van der Waals surface area contributed by atoms with Crippen LogP contribution in [0.15, 0.2) is 48.5 Å². The van der Waals surface area contributed by atoms with Crippen LogP contribution in [0.4, 0.5) is 5.69 Å². The zero-order chi connectivity index (χ0) is 20.8. The van der Waals surface area contributed by atoms with Crippen LogP contribution in [0, 0.1) is 6.92 Å². The van der Waals surface area contributed by atoms with Gasteiger partial charge >= 0.3 is 0 Å². The summed E-state index contributed by atoms with van der Waals surface area (Å²) in [6.45, 7) is 4.63. The van der Waals surface area contributed by atoms with E-state index in [0.717, 1.165) is 17.0 Å². The molecule has 0 bridgehead atoms. The number of para-hydroxylation sites is 2. The number of thioether (sulfide) groups is 1. The number of nitrogens with zero attached hydrogens (tertiary/aromatic N) is 1. The average molecular weight is 415 g/mol. The summed E-state index contributed by atoms with van der Waals surface area (Å²) >= 11 is 1.32. The summed E-state index contributed by atoms with van der Waals surface area (Å²) in [5.41, 5.74) is 1.89. The lowest BCUT2D eigenvalue weighted by Crippen LogP contribution is -2.44. The molecule has 0 radical (unpaired) electrons. The van der Waals surface area contributed by atoms with Crippen molar-refractivity contribution >= 4 is 29.3 Å². The second kappa shape index (κ2) is 9.69. The number of ether oxygens (including phenoxy) is 2. The SMILES string of the molecule is Cc1ccc(NC(=O)CS[C@@H](C)C(=O)N(C)C[C@H]2COc3ccccc3O2)cc1. The van der Waals surface area contributed by atoms with E-state index >= 15 is 0 Å². The highest BCUT2D eigenvalue weighted by molar-refractivity contribution is 8.01. The Morgan fingerprint density at radius 2 is 1.86 bits per heavy atom. The number of hydrogen-bond acceptors (Lipinski definition) is 5. The van der Waals surface area contributed by atoms with Crippen molar-refractivity contribution in [3.05, 3.63) is 54.1 Å². The first-order valence-electron chi connectivity index (χ1n) is 9.54. The molecule has 2 aromatic rings. The predicted molar refractivity (Wildman–Crippen MR) is 116 cm³/mol. The minimum absolute atomic E-state index is 0.0411. The second-order valence-corrected chi connectivity index (χ2v) is 8.41. The smallest absolute Gasteiger partial charge is 0.235 e. The Morgan fingerprint density at radius 3 is 2.59 bits per heavy atom. The minimum atomic E-state index is -0.333. The normalized spacial score (nSPS) is 16.0. The molecule has 1 N–H and O–H groups in total. The fourth-order valence-corrected chi connectivity index (χ4v) is 3.76. The molecule has 2 amide bonds. The Balaban J connectivity index is 1.43. The maximum absolute atomic E-state index is 12.6. The van der Waals surface area contributed by atoms with Gasteiger partial charge in [-0.25, -0.2) is 0 Å². The molecule has 0 saturated heterocycles. The molecule has 0 unspecified atom stereocenters. The Hall–Kier alpha value is -2.67. The first kappa shape index (κ1) is 21.0. The van der Waals surface area contributed by atoms with E-state index in [4.69, 9.17) is 9.47 Å². The fraction of sp³-hybridized carbons (Fsp3) is 0.364. The molecule has 154 valence electrons. The van der Waals surface area contributed by atoms with Crippen molar-refractivity contribution in [1.82, 2.24) is 4.90 Å². The van der Waals surface area contributed by atoms with E-state index in [1.807, 2.05) is 62.4 Å². The highest BCUT2D eigenvalue weighted by atomic mass is 32.2. The summed E-state index contributed by atoms with van der Waals surface area (Å²) in [5, 5.41) is 2.51. The lowest BCUT2D eigenvalue weighted by Gasteiger charge is -2.30. The fourth-order valence-electron chi connectivity index (χ4n) is 2.96. The molecule has 0 aliphatic carbocycles. The Bertz CT molecular complexity index is 856. The van der Waals surface area contributed by atoms with Gasteiger partial charge < -0.3 is 19.7 Å². The number of anilines is 1. The molecule has 2 atom stereocenters. The average Bonchev–Trinajstić information content (AvgIpc) is 2.73. The third kappa shape index (κ3) is 5.90. The summed E-state index contributed by atoms with van der Waals surface area (Å²) in [4.78, 5) is 26.4. The monoisotopic (exact) mass is 414 g/mol. The largest absolute Gasteiger partial charge is 0.486 e. The van der Waals surface area contributed by atoms with Crippen LogP contribution in [0.2, 0.25) is 0 Å². The van der Waals surface area contributed by atoms with Crippen molar-refractivity contribution in [2.24, 2.45) is 0 Å². The lowest BCUT2D eigenvalue weighted by molar-refractivity contribution is -0.130. The number of amides is 2. The molecule has 1 aliphatic heterocycles. The van der Waals surface area contributed by atoms with E-state index < -0.39 is 0 Å². The third-order valence-electron chi connectivity index (χ3n) is 4.57. The van der Waals surface area contributed by atoms with Crippen LogP contribution in [0.25, 0.3) is 0 Å². The molecular weight excluding hydrogens is 388 g/mol. The molecule has 7 heteroatoms. The minimum Gasteiger partial charge on any atom is -0.486 e. The topological polar surface area (TPSA) is 67.9 Å². The quantitative estimate of drug-likeness (QED) is 0.753. The van der Waals surface area contributed by atoms with Gasteiger partial charge in [-0.15, -0.1) is 11.8 Å². The van der Waals surface area contributed by atoms with Gasteiger partial charge in [0.2, 0.25) is 11.8 Å². The molecule has 0 spiro atoms. The van der Waals surface area contributed by atoms with E-state index in [1.165, 1.54) is 11.8 Å². The Kier molecular flexibility index (Phi) is 7.04. The van der Waals surface area contributed by atoms with Crippen molar-refractivity contribution in [2.45, 2.75) is 25.2 Å². The van der Waals surface area contributed by atoms with Crippen LogP contribution in [0.5, 0.6) is 11.5 Å². The van der Waals surface area contributed by atoms with Crippen LogP contribution in [-0.2, 0) is 9.59 Å². The number of rotatable bonds is 7. The zero-order valence-corrected chi connectivity index (χ0v) is 17.7. The number of hydrogen-bond donors (Lipinski definition) is 1.